The van der Waals surface area contributed by atoms with Crippen molar-refractivity contribution in [3.8, 4) is 5.75 Å². The normalized spacial score (nSPS) is 13.8. The van der Waals surface area contributed by atoms with Crippen molar-refractivity contribution in [1.29, 1.82) is 0 Å². The van der Waals surface area contributed by atoms with Crippen LogP contribution in [0.4, 0.5) is 11.4 Å². The second kappa shape index (κ2) is 9.93. The smallest absolute Gasteiger partial charge is 0.269 e. The third kappa shape index (κ3) is 6.12. The van der Waals surface area contributed by atoms with Crippen LogP contribution < -0.4 is 15.4 Å². The number of allylic oxidation sites excluding steroid dienone is 1. The number of hydrogen-bond donors (Lipinski definition) is 2. The van der Waals surface area contributed by atoms with Gasteiger partial charge in [0.15, 0.2) is 0 Å². The summed E-state index contributed by atoms with van der Waals surface area (Å²) in [4.78, 5) is 16.6. The molecule has 3 rings (SSSR count). The molecule has 1 aromatic carbocycles. The van der Waals surface area contributed by atoms with Crippen molar-refractivity contribution in [3.63, 3.8) is 0 Å². The van der Waals surface area contributed by atoms with Crippen LogP contribution in [0, 0.1) is 0 Å². The van der Waals surface area contributed by atoms with Crippen LogP contribution in [0.25, 0.3) is 0 Å². The molecule has 0 saturated carbocycles. The third-order valence-electron chi connectivity index (χ3n) is 4.62. The minimum absolute atomic E-state index is 0.138. The van der Waals surface area contributed by atoms with Gasteiger partial charge in [-0.1, -0.05) is 11.6 Å². The highest BCUT2D eigenvalue weighted by Gasteiger charge is 2.09. The predicted octanol–water partition coefficient (Wildman–Crippen LogP) is 5.23. The van der Waals surface area contributed by atoms with Gasteiger partial charge in [-0.15, -0.1) is 0 Å². The average Bonchev–Trinajstić information content (AvgIpc) is 2.70. The summed E-state index contributed by atoms with van der Waals surface area (Å²) in [7, 11) is 0. The average molecular weight is 380 g/mol. The Bertz CT molecular complexity index is 813. The molecule has 0 unspecified atom stereocenters. The van der Waals surface area contributed by atoms with Crippen LogP contribution in [0.15, 0.2) is 54.2 Å². The summed E-state index contributed by atoms with van der Waals surface area (Å²) >= 11 is 0. The molecule has 2 N–H and O–H groups in total. The van der Waals surface area contributed by atoms with Crippen molar-refractivity contribution in [1.82, 2.24) is 10.3 Å². The summed E-state index contributed by atoms with van der Waals surface area (Å²) in [6.45, 7) is 4.66. The van der Waals surface area contributed by atoms with Gasteiger partial charge < -0.3 is 15.4 Å². The second-order valence-electron chi connectivity index (χ2n) is 7.36. The molecule has 0 atom stereocenters. The molecule has 0 fully saturated rings. The molecule has 1 aromatic heterocycles. The number of ether oxygens (including phenoxy) is 1. The molecule has 0 radical (unpaired) electrons. The van der Waals surface area contributed by atoms with Gasteiger partial charge in [-0.05, 0) is 82.3 Å². The number of aromatic nitrogens is 1. The summed E-state index contributed by atoms with van der Waals surface area (Å²) in [6, 6.07) is 11.4. The van der Waals surface area contributed by atoms with Crippen LogP contribution in [0.2, 0.25) is 0 Å². The maximum absolute atomic E-state index is 12.4. The zero-order chi connectivity index (χ0) is 19.8. The van der Waals surface area contributed by atoms with Crippen molar-refractivity contribution in [3.05, 3.63) is 59.9 Å². The number of nitrogens with zero attached hydrogens (tertiary/aromatic N) is 1. The van der Waals surface area contributed by atoms with Crippen molar-refractivity contribution in [2.45, 2.75) is 52.1 Å². The monoisotopic (exact) mass is 379 g/mol. The van der Waals surface area contributed by atoms with E-state index in [1.54, 1.807) is 12.3 Å². The zero-order valence-corrected chi connectivity index (χ0v) is 16.7. The number of carbonyl (C=O) groups is 1. The minimum Gasteiger partial charge on any atom is -0.491 e. The lowest BCUT2D eigenvalue weighted by Gasteiger charge is -2.13. The molecular formula is C23H29N3O2. The van der Waals surface area contributed by atoms with Gasteiger partial charge >= 0.3 is 0 Å². The van der Waals surface area contributed by atoms with E-state index < -0.39 is 0 Å². The molecule has 1 aliphatic carbocycles. The second-order valence-corrected chi connectivity index (χ2v) is 7.36. The molecule has 0 bridgehead atoms. The molecule has 148 valence electrons. The number of nitrogens with one attached hydrogen (secondary N) is 2. The van der Waals surface area contributed by atoms with Gasteiger partial charge in [-0.25, -0.2) is 0 Å². The Balaban J connectivity index is 1.54. The number of benzene rings is 1. The van der Waals surface area contributed by atoms with E-state index >= 15 is 0 Å². The lowest BCUT2D eigenvalue weighted by molar-refractivity contribution is 0.0949. The molecule has 1 aliphatic rings. The van der Waals surface area contributed by atoms with E-state index in [1.807, 2.05) is 44.2 Å². The topological polar surface area (TPSA) is 63.2 Å². The van der Waals surface area contributed by atoms with Crippen molar-refractivity contribution >= 4 is 17.3 Å². The molecule has 1 amide bonds. The van der Waals surface area contributed by atoms with Gasteiger partial charge in [-0.3, -0.25) is 9.78 Å². The first-order valence-electron chi connectivity index (χ1n) is 10.1. The Morgan fingerprint density at radius 3 is 2.68 bits per heavy atom. The summed E-state index contributed by atoms with van der Waals surface area (Å²) < 4.78 is 5.66. The first-order valence-corrected chi connectivity index (χ1v) is 10.1. The lowest BCUT2D eigenvalue weighted by atomic mass is 9.97. The maximum Gasteiger partial charge on any atom is 0.269 e. The number of hydrogen-bond acceptors (Lipinski definition) is 4. The number of carbonyl (C=O) groups excluding carboxylic acids is 1. The van der Waals surface area contributed by atoms with E-state index in [2.05, 4.69) is 21.7 Å². The molecule has 28 heavy (non-hydrogen) atoms. The van der Waals surface area contributed by atoms with Crippen LogP contribution in [-0.4, -0.2) is 23.5 Å². The summed E-state index contributed by atoms with van der Waals surface area (Å²) in [5.41, 5.74) is 3.63. The quantitative estimate of drug-likeness (QED) is 0.616. The Morgan fingerprint density at radius 2 is 1.96 bits per heavy atom. The predicted molar refractivity (Wildman–Crippen MR) is 113 cm³/mol. The van der Waals surface area contributed by atoms with Gasteiger partial charge in [0.05, 0.1) is 6.10 Å². The SMILES string of the molecule is CC(C)Oc1ccc(Nc2ccnc(C(=O)NCCC3=CCCCC3)c2)cc1. The molecule has 0 aliphatic heterocycles. The fourth-order valence-electron chi connectivity index (χ4n) is 3.25. The molecule has 5 nitrogen and oxygen atoms in total. The zero-order valence-electron chi connectivity index (χ0n) is 16.7. The molecule has 0 saturated heterocycles. The summed E-state index contributed by atoms with van der Waals surface area (Å²) in [5.74, 6) is 0.698. The van der Waals surface area contributed by atoms with E-state index in [0.29, 0.717) is 12.2 Å². The van der Waals surface area contributed by atoms with Gasteiger partial charge in [-0.2, -0.15) is 0 Å². The van der Waals surface area contributed by atoms with Crippen LogP contribution in [0.5, 0.6) is 5.75 Å². The highest BCUT2D eigenvalue weighted by Crippen LogP contribution is 2.21. The Kier molecular flexibility index (Phi) is 7.06. The standard InChI is InChI=1S/C23H29N3O2/c1-17(2)28-21-10-8-19(9-11-21)26-20-13-15-24-22(16-20)23(27)25-14-12-18-6-4-3-5-7-18/h6,8-11,13,15-17H,3-5,7,12,14H2,1-2H3,(H,24,26)(H,25,27). The van der Waals surface area contributed by atoms with Crippen LogP contribution in [0.3, 0.4) is 0 Å². The lowest BCUT2D eigenvalue weighted by Crippen LogP contribution is -2.25. The van der Waals surface area contributed by atoms with E-state index in [1.165, 1.54) is 24.8 Å². The number of rotatable bonds is 8. The first-order chi connectivity index (χ1) is 13.6. The Hall–Kier alpha value is -2.82. The van der Waals surface area contributed by atoms with Gasteiger partial charge in [0.25, 0.3) is 5.91 Å². The maximum atomic E-state index is 12.4. The summed E-state index contributed by atoms with van der Waals surface area (Å²) in [5, 5.41) is 6.28. The fourth-order valence-corrected chi connectivity index (χ4v) is 3.25. The number of amides is 1. The highest BCUT2D eigenvalue weighted by atomic mass is 16.5. The largest absolute Gasteiger partial charge is 0.491 e. The number of pyridine rings is 1. The minimum atomic E-state index is -0.138. The molecule has 1 heterocycles. The van der Waals surface area contributed by atoms with Gasteiger partial charge in [0.1, 0.15) is 11.4 Å². The van der Waals surface area contributed by atoms with E-state index in [9.17, 15) is 4.79 Å². The third-order valence-corrected chi connectivity index (χ3v) is 4.62. The molecular weight excluding hydrogens is 350 g/mol. The van der Waals surface area contributed by atoms with Crippen molar-refractivity contribution in [2.75, 3.05) is 11.9 Å². The highest BCUT2D eigenvalue weighted by molar-refractivity contribution is 5.93. The van der Waals surface area contributed by atoms with Crippen molar-refractivity contribution < 1.29 is 9.53 Å². The van der Waals surface area contributed by atoms with Crippen LogP contribution in [-0.2, 0) is 0 Å². The van der Waals surface area contributed by atoms with Crippen LogP contribution in [0.1, 0.15) is 56.4 Å². The summed E-state index contributed by atoms with van der Waals surface area (Å²) in [6.07, 6.45) is 9.92. The first kappa shape index (κ1) is 19.9. The fraction of sp³-hybridized carbons (Fsp3) is 0.391. The van der Waals surface area contributed by atoms with Crippen molar-refractivity contribution in [2.24, 2.45) is 0 Å². The Labute approximate surface area is 167 Å². The van der Waals surface area contributed by atoms with Gasteiger partial charge in [0, 0.05) is 24.1 Å². The molecule has 2 aromatic rings. The van der Waals surface area contributed by atoms with E-state index in [4.69, 9.17) is 4.74 Å². The van der Waals surface area contributed by atoms with E-state index in [0.717, 1.165) is 30.0 Å². The Morgan fingerprint density at radius 1 is 1.14 bits per heavy atom. The van der Waals surface area contributed by atoms with E-state index in [-0.39, 0.29) is 12.0 Å². The van der Waals surface area contributed by atoms with Crippen LogP contribution >= 0.6 is 0 Å². The molecule has 0 spiro atoms. The molecule has 5 heteroatoms. The van der Waals surface area contributed by atoms with Gasteiger partial charge in [0.2, 0.25) is 0 Å². The number of anilines is 2.